The number of aromatic nitrogens is 2. The first-order valence-electron chi connectivity index (χ1n) is 7.78. The number of nitrogens with zero attached hydrogens (tertiary/aromatic N) is 3. The summed E-state index contributed by atoms with van der Waals surface area (Å²) in [5.41, 5.74) is 7.34. The summed E-state index contributed by atoms with van der Waals surface area (Å²) in [6.07, 6.45) is 0.930. The average Bonchev–Trinajstić information content (AvgIpc) is 3.06. The molecular weight excluding hydrogens is 360 g/mol. The number of amides is 1. The molecule has 1 saturated heterocycles. The highest BCUT2D eigenvalue weighted by Gasteiger charge is 2.27. The normalized spacial score (nSPS) is 17.8. The van der Waals surface area contributed by atoms with E-state index in [0.717, 1.165) is 26.5 Å². The molecule has 0 spiro atoms. The Morgan fingerprint density at radius 1 is 1.32 bits per heavy atom. The van der Waals surface area contributed by atoms with Crippen molar-refractivity contribution in [2.24, 2.45) is 5.73 Å². The van der Waals surface area contributed by atoms with Crippen molar-refractivity contribution in [2.45, 2.75) is 6.10 Å². The largest absolute Gasteiger partial charge is 0.367 e. The lowest BCUT2D eigenvalue weighted by Gasteiger charge is -2.32. The number of rotatable bonds is 3. The van der Waals surface area contributed by atoms with E-state index in [1.165, 1.54) is 0 Å². The molecule has 1 aliphatic rings. The van der Waals surface area contributed by atoms with Crippen molar-refractivity contribution < 1.29 is 9.53 Å². The number of hydrogen-bond acceptors (Lipinski definition) is 6. The van der Waals surface area contributed by atoms with Gasteiger partial charge in [0.15, 0.2) is 6.10 Å². The molecule has 128 valence electrons. The van der Waals surface area contributed by atoms with Crippen LogP contribution in [0.1, 0.15) is 0 Å². The monoisotopic (exact) mass is 374 g/mol. The van der Waals surface area contributed by atoms with E-state index in [9.17, 15) is 4.79 Å². The summed E-state index contributed by atoms with van der Waals surface area (Å²) >= 11 is 7.59. The molecule has 3 heterocycles. The van der Waals surface area contributed by atoms with Crippen LogP contribution in [0.5, 0.6) is 0 Å². The fraction of sp³-hybridized carbons (Fsp3) is 0.235. The van der Waals surface area contributed by atoms with Crippen LogP contribution in [0.25, 0.3) is 20.7 Å². The molecule has 2 aromatic heterocycles. The molecule has 4 rings (SSSR count). The third-order valence-corrected chi connectivity index (χ3v) is 5.53. The number of thiophene rings is 1. The van der Waals surface area contributed by atoms with Gasteiger partial charge in [0.05, 0.1) is 23.4 Å². The predicted molar refractivity (Wildman–Crippen MR) is 99.0 cm³/mol. The van der Waals surface area contributed by atoms with Gasteiger partial charge >= 0.3 is 0 Å². The van der Waals surface area contributed by atoms with E-state index >= 15 is 0 Å². The van der Waals surface area contributed by atoms with Gasteiger partial charge in [-0.15, -0.1) is 11.3 Å². The molecule has 1 unspecified atom stereocenters. The zero-order chi connectivity index (χ0) is 17.4. The maximum atomic E-state index is 11.4. The maximum Gasteiger partial charge on any atom is 0.248 e. The Balaban J connectivity index is 1.72. The van der Waals surface area contributed by atoms with Crippen molar-refractivity contribution in [3.05, 3.63) is 41.7 Å². The van der Waals surface area contributed by atoms with E-state index in [2.05, 4.69) is 9.97 Å². The van der Waals surface area contributed by atoms with Crippen LogP contribution < -0.4 is 10.6 Å². The van der Waals surface area contributed by atoms with Crippen LogP contribution in [0, 0.1) is 0 Å². The number of anilines is 1. The minimum atomic E-state index is -0.616. The van der Waals surface area contributed by atoms with Crippen LogP contribution in [0.15, 0.2) is 36.7 Å². The van der Waals surface area contributed by atoms with E-state index in [1.807, 2.05) is 35.2 Å². The number of benzene rings is 1. The number of primary amides is 1. The van der Waals surface area contributed by atoms with E-state index in [1.54, 1.807) is 17.7 Å². The molecule has 0 saturated carbocycles. The van der Waals surface area contributed by atoms with E-state index in [-0.39, 0.29) is 0 Å². The van der Waals surface area contributed by atoms with Crippen LogP contribution in [0.3, 0.4) is 0 Å². The molecule has 25 heavy (non-hydrogen) atoms. The zero-order valence-electron chi connectivity index (χ0n) is 13.2. The summed E-state index contributed by atoms with van der Waals surface area (Å²) < 4.78 is 6.40. The van der Waals surface area contributed by atoms with Gasteiger partial charge in [0.2, 0.25) is 5.91 Å². The molecule has 1 fully saturated rings. The molecule has 0 bridgehead atoms. The number of fused-ring (bicyclic) bond motifs is 1. The highest BCUT2D eigenvalue weighted by Crippen LogP contribution is 2.37. The third-order valence-electron chi connectivity index (χ3n) is 4.10. The lowest BCUT2D eigenvalue weighted by molar-refractivity contribution is -0.130. The first-order valence-corrected chi connectivity index (χ1v) is 8.97. The lowest BCUT2D eigenvalue weighted by atomic mass is 10.2. The number of carbonyl (C=O) groups is 1. The minimum Gasteiger partial charge on any atom is -0.367 e. The number of carbonyl (C=O) groups excluding carboxylic acids is 1. The van der Waals surface area contributed by atoms with Crippen molar-refractivity contribution in [3.8, 4) is 10.4 Å². The Hall–Kier alpha value is -2.22. The molecule has 8 heteroatoms. The number of ether oxygens (including phenoxy) is 1. The second-order valence-electron chi connectivity index (χ2n) is 5.74. The molecule has 1 aliphatic heterocycles. The SMILES string of the molecule is NC(=O)C1CN(c2ncnc3cc(-c4ccc(Cl)cc4)sc23)CCO1. The average molecular weight is 375 g/mol. The molecule has 0 radical (unpaired) electrons. The van der Waals surface area contributed by atoms with Crippen molar-refractivity contribution in [1.82, 2.24) is 9.97 Å². The van der Waals surface area contributed by atoms with Crippen molar-refractivity contribution in [1.29, 1.82) is 0 Å². The minimum absolute atomic E-state index is 0.398. The Labute approximate surface area is 153 Å². The van der Waals surface area contributed by atoms with Crippen molar-refractivity contribution in [3.63, 3.8) is 0 Å². The van der Waals surface area contributed by atoms with Crippen LogP contribution in [-0.2, 0) is 9.53 Å². The van der Waals surface area contributed by atoms with Crippen LogP contribution in [0.2, 0.25) is 5.02 Å². The third kappa shape index (κ3) is 3.18. The molecule has 2 N–H and O–H groups in total. The first kappa shape index (κ1) is 16.3. The Bertz CT molecular complexity index is 928. The number of nitrogens with two attached hydrogens (primary N) is 1. The lowest BCUT2D eigenvalue weighted by Crippen LogP contribution is -2.48. The van der Waals surface area contributed by atoms with Gasteiger partial charge in [-0.2, -0.15) is 0 Å². The van der Waals surface area contributed by atoms with Crippen molar-refractivity contribution >= 4 is 44.9 Å². The highest BCUT2D eigenvalue weighted by atomic mass is 35.5. The number of hydrogen-bond donors (Lipinski definition) is 1. The second-order valence-corrected chi connectivity index (χ2v) is 7.23. The Kier molecular flexibility index (Phi) is 4.29. The van der Waals surface area contributed by atoms with Gasteiger partial charge in [0.25, 0.3) is 0 Å². The fourth-order valence-corrected chi connectivity index (χ4v) is 4.10. The Morgan fingerprint density at radius 2 is 2.12 bits per heavy atom. The molecule has 0 aliphatic carbocycles. The summed E-state index contributed by atoms with van der Waals surface area (Å²) in [6, 6.07) is 9.75. The van der Waals surface area contributed by atoms with Gasteiger partial charge in [-0.3, -0.25) is 4.79 Å². The number of halogens is 1. The molecule has 1 atom stereocenters. The fourth-order valence-electron chi connectivity index (χ4n) is 2.84. The Morgan fingerprint density at radius 3 is 2.88 bits per heavy atom. The standard InChI is InChI=1S/C17H15ClN4O2S/c18-11-3-1-10(2-4-11)14-7-12-15(25-14)17(21-9-20-12)22-5-6-24-13(8-22)16(19)23/h1-4,7,9,13H,5-6,8H2,(H2,19,23). The van der Waals surface area contributed by atoms with E-state index in [0.29, 0.717) is 24.7 Å². The first-order chi connectivity index (χ1) is 12.1. The maximum absolute atomic E-state index is 11.4. The smallest absolute Gasteiger partial charge is 0.248 e. The molecule has 1 aromatic carbocycles. The molecule has 6 nitrogen and oxygen atoms in total. The predicted octanol–water partition coefficient (Wildman–Crippen LogP) is 2.70. The van der Waals surface area contributed by atoms with E-state index < -0.39 is 12.0 Å². The number of morpholine rings is 1. The molecular formula is C17H15ClN4O2S. The summed E-state index contributed by atoms with van der Waals surface area (Å²) in [7, 11) is 0. The quantitative estimate of drug-likeness (QED) is 0.762. The highest BCUT2D eigenvalue weighted by molar-refractivity contribution is 7.22. The topological polar surface area (TPSA) is 81.3 Å². The second kappa shape index (κ2) is 6.59. The summed E-state index contributed by atoms with van der Waals surface area (Å²) in [6.45, 7) is 1.49. The summed E-state index contributed by atoms with van der Waals surface area (Å²) in [5.74, 6) is 0.354. The molecule has 1 amide bonds. The van der Waals surface area contributed by atoms with Gasteiger partial charge in [0, 0.05) is 16.4 Å². The van der Waals surface area contributed by atoms with Gasteiger partial charge in [-0.05, 0) is 23.8 Å². The van der Waals surface area contributed by atoms with Crippen molar-refractivity contribution in [2.75, 3.05) is 24.6 Å². The van der Waals surface area contributed by atoms with Crippen LogP contribution >= 0.6 is 22.9 Å². The zero-order valence-corrected chi connectivity index (χ0v) is 14.8. The van der Waals surface area contributed by atoms with Gasteiger partial charge in [0.1, 0.15) is 12.1 Å². The van der Waals surface area contributed by atoms with Gasteiger partial charge in [-0.1, -0.05) is 23.7 Å². The van der Waals surface area contributed by atoms with Gasteiger partial charge < -0.3 is 15.4 Å². The summed E-state index contributed by atoms with van der Waals surface area (Å²) in [5, 5.41) is 0.705. The summed E-state index contributed by atoms with van der Waals surface area (Å²) in [4.78, 5) is 23.4. The van der Waals surface area contributed by atoms with Crippen LogP contribution in [-0.4, -0.2) is 41.7 Å². The van der Waals surface area contributed by atoms with Crippen LogP contribution in [0.4, 0.5) is 5.82 Å². The van der Waals surface area contributed by atoms with Gasteiger partial charge in [-0.25, -0.2) is 9.97 Å². The van der Waals surface area contributed by atoms with E-state index in [4.69, 9.17) is 22.1 Å². The molecule has 3 aromatic rings.